The molecule has 1 heterocycles. The van der Waals surface area contributed by atoms with Crippen LogP contribution in [0.5, 0.6) is 5.75 Å². The Morgan fingerprint density at radius 2 is 2.05 bits per heavy atom. The minimum absolute atomic E-state index is 0.311. The molecule has 0 aliphatic heterocycles. The fraction of sp³-hybridized carbons (Fsp3) is 0.0714. The van der Waals surface area contributed by atoms with Gasteiger partial charge >= 0.3 is 5.69 Å². The van der Waals surface area contributed by atoms with E-state index in [1.165, 1.54) is 16.7 Å². The molecule has 4 nitrogen and oxygen atoms in total. The van der Waals surface area contributed by atoms with E-state index in [0.717, 1.165) is 0 Å². The highest BCUT2D eigenvalue weighted by Gasteiger charge is 2.10. The van der Waals surface area contributed by atoms with Crippen LogP contribution in [0.4, 0.5) is 4.39 Å². The Morgan fingerprint density at radius 1 is 1.21 bits per heavy atom. The lowest BCUT2D eigenvalue weighted by Crippen LogP contribution is -2.14. The van der Waals surface area contributed by atoms with Crippen molar-refractivity contribution in [3.8, 4) is 11.4 Å². The van der Waals surface area contributed by atoms with Crippen LogP contribution in [0.25, 0.3) is 16.7 Å². The van der Waals surface area contributed by atoms with Crippen LogP contribution in [0, 0.1) is 5.82 Å². The van der Waals surface area contributed by atoms with Crippen molar-refractivity contribution in [2.45, 2.75) is 0 Å². The Hall–Kier alpha value is -2.56. The molecule has 0 radical (unpaired) electrons. The van der Waals surface area contributed by atoms with Gasteiger partial charge in [-0.3, -0.25) is 4.57 Å². The molecule has 96 valence electrons. The molecule has 0 aliphatic rings. The molecule has 1 aromatic heterocycles. The van der Waals surface area contributed by atoms with Crippen molar-refractivity contribution in [2.75, 3.05) is 7.11 Å². The highest BCUT2D eigenvalue weighted by atomic mass is 19.1. The van der Waals surface area contributed by atoms with Gasteiger partial charge in [-0.05, 0) is 24.3 Å². The largest absolute Gasteiger partial charge is 0.497 e. The minimum Gasteiger partial charge on any atom is -0.497 e. The second-order valence-corrected chi connectivity index (χ2v) is 4.13. The molecule has 0 aliphatic carbocycles. The maximum atomic E-state index is 13.3. The predicted octanol–water partition coefficient (Wildman–Crippen LogP) is 2.47. The lowest BCUT2D eigenvalue weighted by atomic mass is 10.2. The molecule has 0 saturated heterocycles. The molecular weight excluding hydrogens is 247 g/mol. The highest BCUT2D eigenvalue weighted by molar-refractivity contribution is 5.77. The van der Waals surface area contributed by atoms with E-state index in [2.05, 4.69) is 4.98 Å². The molecule has 0 atom stereocenters. The second-order valence-electron chi connectivity index (χ2n) is 4.13. The SMILES string of the molecule is COc1cccc(-n2c(=O)[nH]c3ccc(F)cc32)c1. The van der Waals surface area contributed by atoms with E-state index in [1.807, 2.05) is 0 Å². The molecule has 0 amide bonds. The monoisotopic (exact) mass is 258 g/mol. The topological polar surface area (TPSA) is 47.0 Å². The molecule has 1 N–H and O–H groups in total. The Kier molecular flexibility index (Phi) is 2.59. The maximum absolute atomic E-state index is 13.3. The predicted molar refractivity (Wildman–Crippen MR) is 70.4 cm³/mol. The number of imidazole rings is 1. The Morgan fingerprint density at radius 3 is 2.84 bits per heavy atom. The number of aromatic amines is 1. The molecule has 0 spiro atoms. The first-order valence-corrected chi connectivity index (χ1v) is 5.74. The molecule has 0 unspecified atom stereocenters. The van der Waals surface area contributed by atoms with Crippen molar-refractivity contribution in [1.29, 1.82) is 0 Å². The van der Waals surface area contributed by atoms with Crippen molar-refractivity contribution in [2.24, 2.45) is 0 Å². The summed E-state index contributed by atoms with van der Waals surface area (Å²) in [5.41, 5.74) is 1.41. The van der Waals surface area contributed by atoms with E-state index in [-0.39, 0.29) is 11.5 Å². The molecular formula is C14H11FN2O2. The smallest absolute Gasteiger partial charge is 0.331 e. The van der Waals surface area contributed by atoms with Crippen LogP contribution in [0.1, 0.15) is 0 Å². The van der Waals surface area contributed by atoms with Crippen LogP contribution in [-0.2, 0) is 0 Å². The number of hydrogen-bond donors (Lipinski definition) is 1. The Bertz CT molecular complexity index is 805. The van der Waals surface area contributed by atoms with Gasteiger partial charge in [0.1, 0.15) is 11.6 Å². The van der Waals surface area contributed by atoms with E-state index < -0.39 is 0 Å². The summed E-state index contributed by atoms with van der Waals surface area (Å²) in [6.45, 7) is 0. The number of H-pyrrole nitrogens is 1. The van der Waals surface area contributed by atoms with Crippen molar-refractivity contribution < 1.29 is 9.13 Å². The van der Waals surface area contributed by atoms with Crippen molar-refractivity contribution in [1.82, 2.24) is 9.55 Å². The Labute approximate surface area is 108 Å². The van der Waals surface area contributed by atoms with Crippen molar-refractivity contribution in [3.05, 3.63) is 58.8 Å². The first-order valence-electron chi connectivity index (χ1n) is 5.74. The van der Waals surface area contributed by atoms with Gasteiger partial charge in [-0.25, -0.2) is 9.18 Å². The van der Waals surface area contributed by atoms with Gasteiger partial charge in [0.25, 0.3) is 0 Å². The van der Waals surface area contributed by atoms with Gasteiger partial charge in [0, 0.05) is 12.1 Å². The van der Waals surface area contributed by atoms with Gasteiger partial charge in [0.2, 0.25) is 0 Å². The zero-order chi connectivity index (χ0) is 13.4. The third-order valence-corrected chi connectivity index (χ3v) is 2.96. The third-order valence-electron chi connectivity index (χ3n) is 2.96. The first kappa shape index (κ1) is 11.5. The third kappa shape index (κ3) is 1.89. The first-order chi connectivity index (χ1) is 9.19. The molecule has 0 bridgehead atoms. The van der Waals surface area contributed by atoms with Crippen molar-refractivity contribution in [3.63, 3.8) is 0 Å². The zero-order valence-corrected chi connectivity index (χ0v) is 10.2. The standard InChI is InChI=1S/C14H11FN2O2/c1-19-11-4-2-3-10(8-11)17-13-7-9(15)5-6-12(13)16-14(17)18/h2-8H,1H3,(H,16,18). The number of methoxy groups -OCH3 is 1. The summed E-state index contributed by atoms with van der Waals surface area (Å²) >= 11 is 0. The van der Waals surface area contributed by atoms with Crippen LogP contribution in [-0.4, -0.2) is 16.7 Å². The number of hydrogen-bond acceptors (Lipinski definition) is 2. The van der Waals surface area contributed by atoms with Crippen LogP contribution < -0.4 is 10.4 Å². The lowest BCUT2D eigenvalue weighted by molar-refractivity contribution is 0.414. The minimum atomic E-state index is -0.386. The van der Waals surface area contributed by atoms with Crippen LogP contribution >= 0.6 is 0 Å². The number of nitrogens with one attached hydrogen (secondary N) is 1. The fourth-order valence-corrected chi connectivity index (χ4v) is 2.08. The summed E-state index contributed by atoms with van der Waals surface area (Å²) in [7, 11) is 1.55. The second kappa shape index (κ2) is 4.28. The average Bonchev–Trinajstić information content (AvgIpc) is 2.74. The number of ether oxygens (including phenoxy) is 1. The van der Waals surface area contributed by atoms with Gasteiger partial charge in [-0.15, -0.1) is 0 Å². The molecule has 3 rings (SSSR count). The molecule has 0 fully saturated rings. The van der Waals surface area contributed by atoms with E-state index in [9.17, 15) is 9.18 Å². The number of benzene rings is 2. The van der Waals surface area contributed by atoms with E-state index >= 15 is 0 Å². The van der Waals surface area contributed by atoms with Crippen molar-refractivity contribution >= 4 is 11.0 Å². The van der Waals surface area contributed by atoms with Gasteiger partial charge < -0.3 is 9.72 Å². The van der Waals surface area contributed by atoms with Gasteiger partial charge in [0.05, 0.1) is 23.8 Å². The maximum Gasteiger partial charge on any atom is 0.331 e. The molecule has 0 saturated carbocycles. The molecule has 5 heteroatoms. The van der Waals surface area contributed by atoms with E-state index in [4.69, 9.17) is 4.74 Å². The summed E-state index contributed by atoms with van der Waals surface area (Å²) in [5.74, 6) is 0.248. The van der Waals surface area contributed by atoms with Gasteiger partial charge in [-0.1, -0.05) is 6.07 Å². The number of fused-ring (bicyclic) bond motifs is 1. The number of nitrogens with zero attached hydrogens (tertiary/aromatic N) is 1. The van der Waals surface area contributed by atoms with Crippen LogP contribution in [0.2, 0.25) is 0 Å². The quantitative estimate of drug-likeness (QED) is 0.767. The molecule has 19 heavy (non-hydrogen) atoms. The van der Waals surface area contributed by atoms with Gasteiger partial charge in [0.15, 0.2) is 0 Å². The normalized spacial score (nSPS) is 10.8. The summed E-state index contributed by atoms with van der Waals surface area (Å²) in [6.07, 6.45) is 0. The summed E-state index contributed by atoms with van der Waals surface area (Å²) in [6, 6.07) is 11.2. The lowest BCUT2D eigenvalue weighted by Gasteiger charge is -2.05. The zero-order valence-electron chi connectivity index (χ0n) is 10.2. The summed E-state index contributed by atoms with van der Waals surface area (Å²) < 4.78 is 19.9. The Balaban J connectivity index is 2.32. The van der Waals surface area contributed by atoms with E-state index in [1.54, 1.807) is 37.4 Å². The average molecular weight is 258 g/mol. The number of rotatable bonds is 2. The highest BCUT2D eigenvalue weighted by Crippen LogP contribution is 2.20. The fourth-order valence-electron chi connectivity index (χ4n) is 2.08. The van der Waals surface area contributed by atoms with Gasteiger partial charge in [-0.2, -0.15) is 0 Å². The number of halogens is 1. The molecule has 3 aromatic rings. The number of aromatic nitrogens is 2. The molecule has 2 aromatic carbocycles. The van der Waals surface area contributed by atoms with Crippen LogP contribution in [0.15, 0.2) is 47.3 Å². The van der Waals surface area contributed by atoms with Crippen LogP contribution in [0.3, 0.4) is 0 Å². The summed E-state index contributed by atoms with van der Waals surface area (Å²) in [5, 5.41) is 0. The van der Waals surface area contributed by atoms with E-state index in [0.29, 0.717) is 22.5 Å². The summed E-state index contributed by atoms with van der Waals surface area (Å²) in [4.78, 5) is 14.7.